The molecule has 0 saturated carbocycles. The fourth-order valence-corrected chi connectivity index (χ4v) is 2.95. The molecular formula is C20H26N2O5. The number of carboxylic acid groups (broad SMARTS) is 1. The Balaban J connectivity index is 2.25. The van der Waals surface area contributed by atoms with Gasteiger partial charge < -0.3 is 24.5 Å². The van der Waals surface area contributed by atoms with Crippen molar-refractivity contribution in [3.8, 4) is 0 Å². The second-order valence-electron chi connectivity index (χ2n) is 6.28. The van der Waals surface area contributed by atoms with E-state index >= 15 is 0 Å². The van der Waals surface area contributed by atoms with Crippen molar-refractivity contribution in [2.24, 2.45) is 0 Å². The second-order valence-corrected chi connectivity index (χ2v) is 6.28. The summed E-state index contributed by atoms with van der Waals surface area (Å²) in [5, 5.41) is 12.7. The number of aryl methyl sites for hydroxylation is 1. The Hall–Kier alpha value is -2.64. The number of amides is 1. The maximum absolute atomic E-state index is 12.5. The average Bonchev–Trinajstić information content (AvgIpc) is 2.89. The molecule has 2 rings (SSSR count). The molecule has 7 nitrogen and oxygen atoms in total. The van der Waals surface area contributed by atoms with Gasteiger partial charge in [-0.15, -0.1) is 6.58 Å². The van der Waals surface area contributed by atoms with E-state index in [1.807, 2.05) is 19.9 Å². The first-order chi connectivity index (χ1) is 12.9. The standard InChI is InChI=1S/C20H26N2O5/c1-5-9-27-12-17(20(24)25)21-19(23)15-6-7-18-16(11-15)13(2)14(3)22(18)8-10-26-4/h5-7,11,17H,1,8-10,12H2,2-4H3,(H,21,23)(H,24,25). The van der Waals surface area contributed by atoms with E-state index in [1.165, 1.54) is 6.08 Å². The molecule has 0 aliphatic carbocycles. The molecule has 0 saturated heterocycles. The molecule has 0 radical (unpaired) electrons. The van der Waals surface area contributed by atoms with Crippen molar-refractivity contribution in [2.45, 2.75) is 26.4 Å². The van der Waals surface area contributed by atoms with Gasteiger partial charge in [0.05, 0.1) is 19.8 Å². The van der Waals surface area contributed by atoms with Crippen molar-refractivity contribution < 1.29 is 24.2 Å². The van der Waals surface area contributed by atoms with Gasteiger partial charge in [-0.25, -0.2) is 4.79 Å². The smallest absolute Gasteiger partial charge is 0.328 e. The van der Waals surface area contributed by atoms with Crippen LogP contribution in [0.25, 0.3) is 10.9 Å². The zero-order valence-corrected chi connectivity index (χ0v) is 15.9. The normalized spacial score (nSPS) is 12.1. The molecule has 27 heavy (non-hydrogen) atoms. The van der Waals surface area contributed by atoms with Crippen LogP contribution in [0.5, 0.6) is 0 Å². The molecule has 1 unspecified atom stereocenters. The molecule has 1 amide bonds. The fourth-order valence-electron chi connectivity index (χ4n) is 2.95. The van der Waals surface area contributed by atoms with Gasteiger partial charge in [0.2, 0.25) is 0 Å². The predicted molar refractivity (Wildman–Crippen MR) is 103 cm³/mol. The molecule has 2 aromatic rings. The van der Waals surface area contributed by atoms with E-state index in [0.29, 0.717) is 12.2 Å². The van der Waals surface area contributed by atoms with Crippen LogP contribution in [0.3, 0.4) is 0 Å². The first kappa shape index (κ1) is 20.7. The molecule has 0 fully saturated rings. The quantitative estimate of drug-likeness (QED) is 0.492. The molecule has 1 aromatic carbocycles. The molecule has 1 heterocycles. The lowest BCUT2D eigenvalue weighted by Gasteiger charge is -2.14. The number of hydrogen-bond acceptors (Lipinski definition) is 4. The van der Waals surface area contributed by atoms with Gasteiger partial charge >= 0.3 is 5.97 Å². The molecule has 0 aliphatic heterocycles. The van der Waals surface area contributed by atoms with E-state index in [1.54, 1.807) is 19.2 Å². The highest BCUT2D eigenvalue weighted by molar-refractivity contribution is 6.00. The number of methoxy groups -OCH3 is 1. The topological polar surface area (TPSA) is 89.8 Å². The highest BCUT2D eigenvalue weighted by atomic mass is 16.5. The van der Waals surface area contributed by atoms with Crippen LogP contribution in [-0.2, 0) is 20.8 Å². The number of rotatable bonds is 10. The first-order valence-electron chi connectivity index (χ1n) is 8.71. The molecule has 2 N–H and O–H groups in total. The number of benzene rings is 1. The van der Waals surface area contributed by atoms with E-state index in [0.717, 1.165) is 28.7 Å². The van der Waals surface area contributed by atoms with Crippen LogP contribution < -0.4 is 5.32 Å². The number of carbonyl (C=O) groups excluding carboxylic acids is 1. The molecule has 0 aliphatic rings. The summed E-state index contributed by atoms with van der Waals surface area (Å²) in [6.07, 6.45) is 1.52. The van der Waals surface area contributed by atoms with Gasteiger partial charge in [-0.2, -0.15) is 0 Å². The lowest BCUT2D eigenvalue weighted by atomic mass is 10.1. The van der Waals surface area contributed by atoms with Crippen molar-refractivity contribution in [3.63, 3.8) is 0 Å². The Kier molecular flexibility index (Phi) is 7.15. The van der Waals surface area contributed by atoms with E-state index < -0.39 is 17.9 Å². The third kappa shape index (κ3) is 4.75. The summed E-state index contributed by atoms with van der Waals surface area (Å²) in [6, 6.07) is 4.25. The summed E-state index contributed by atoms with van der Waals surface area (Å²) in [4.78, 5) is 23.9. The van der Waals surface area contributed by atoms with E-state index in [-0.39, 0.29) is 13.2 Å². The molecular weight excluding hydrogens is 348 g/mol. The van der Waals surface area contributed by atoms with Crippen LogP contribution in [0.15, 0.2) is 30.9 Å². The van der Waals surface area contributed by atoms with Crippen LogP contribution in [-0.4, -0.2) is 54.5 Å². The Bertz CT molecular complexity index is 840. The third-order valence-electron chi connectivity index (χ3n) is 4.54. The summed E-state index contributed by atoms with van der Waals surface area (Å²) >= 11 is 0. The summed E-state index contributed by atoms with van der Waals surface area (Å²) in [5.74, 6) is -1.60. The molecule has 1 atom stereocenters. The number of aromatic nitrogens is 1. The highest BCUT2D eigenvalue weighted by Gasteiger charge is 2.21. The minimum Gasteiger partial charge on any atom is -0.480 e. The van der Waals surface area contributed by atoms with Gasteiger partial charge in [0.1, 0.15) is 0 Å². The minimum absolute atomic E-state index is 0.124. The van der Waals surface area contributed by atoms with Crippen molar-refractivity contribution in [1.82, 2.24) is 9.88 Å². The summed E-state index contributed by atoms with van der Waals surface area (Å²) in [5.41, 5.74) is 3.62. The molecule has 1 aromatic heterocycles. The number of aliphatic carboxylic acids is 1. The predicted octanol–water partition coefficient (Wildman–Crippen LogP) is 2.29. The highest BCUT2D eigenvalue weighted by Crippen LogP contribution is 2.26. The van der Waals surface area contributed by atoms with Gasteiger partial charge in [-0.1, -0.05) is 6.08 Å². The van der Waals surface area contributed by atoms with Crippen LogP contribution in [0.1, 0.15) is 21.6 Å². The number of fused-ring (bicyclic) bond motifs is 1. The molecule has 0 spiro atoms. The summed E-state index contributed by atoms with van der Waals surface area (Å²) in [7, 11) is 1.66. The largest absolute Gasteiger partial charge is 0.480 e. The summed E-state index contributed by atoms with van der Waals surface area (Å²) in [6.45, 7) is 8.96. The first-order valence-corrected chi connectivity index (χ1v) is 8.71. The van der Waals surface area contributed by atoms with Crippen LogP contribution >= 0.6 is 0 Å². The average molecular weight is 374 g/mol. The zero-order valence-electron chi connectivity index (χ0n) is 15.9. The SMILES string of the molecule is C=CCOCC(NC(=O)c1ccc2c(c1)c(C)c(C)n2CCOC)C(=O)O. The third-order valence-corrected chi connectivity index (χ3v) is 4.54. The van der Waals surface area contributed by atoms with Crippen molar-refractivity contribution in [2.75, 3.05) is 26.9 Å². The molecule has 7 heteroatoms. The number of carbonyl (C=O) groups is 2. The van der Waals surface area contributed by atoms with Gasteiger partial charge in [0.15, 0.2) is 6.04 Å². The van der Waals surface area contributed by atoms with Gasteiger partial charge in [0.25, 0.3) is 5.91 Å². The van der Waals surface area contributed by atoms with Crippen molar-refractivity contribution in [1.29, 1.82) is 0 Å². The van der Waals surface area contributed by atoms with Gasteiger partial charge in [-0.3, -0.25) is 4.79 Å². The fraction of sp³-hybridized carbons (Fsp3) is 0.400. The molecule has 146 valence electrons. The van der Waals surface area contributed by atoms with Crippen LogP contribution in [0.4, 0.5) is 0 Å². The number of nitrogens with zero attached hydrogens (tertiary/aromatic N) is 1. The number of carboxylic acids is 1. The molecule has 0 bridgehead atoms. The van der Waals surface area contributed by atoms with E-state index in [2.05, 4.69) is 16.5 Å². The maximum Gasteiger partial charge on any atom is 0.328 e. The lowest BCUT2D eigenvalue weighted by molar-refractivity contribution is -0.140. The monoisotopic (exact) mass is 374 g/mol. The van der Waals surface area contributed by atoms with E-state index in [9.17, 15) is 14.7 Å². The number of nitrogens with one attached hydrogen (secondary N) is 1. The zero-order chi connectivity index (χ0) is 20.0. The lowest BCUT2D eigenvalue weighted by Crippen LogP contribution is -2.44. The van der Waals surface area contributed by atoms with Crippen LogP contribution in [0, 0.1) is 13.8 Å². The minimum atomic E-state index is -1.15. The Morgan fingerprint density at radius 3 is 2.74 bits per heavy atom. The van der Waals surface area contributed by atoms with Crippen LogP contribution in [0.2, 0.25) is 0 Å². The van der Waals surface area contributed by atoms with E-state index in [4.69, 9.17) is 9.47 Å². The van der Waals surface area contributed by atoms with Crippen molar-refractivity contribution in [3.05, 3.63) is 47.7 Å². The Labute approximate surface area is 158 Å². The van der Waals surface area contributed by atoms with Gasteiger partial charge in [0, 0.05) is 35.8 Å². The van der Waals surface area contributed by atoms with Crippen molar-refractivity contribution >= 4 is 22.8 Å². The Morgan fingerprint density at radius 1 is 1.37 bits per heavy atom. The number of hydrogen-bond donors (Lipinski definition) is 2. The maximum atomic E-state index is 12.5. The Morgan fingerprint density at radius 2 is 2.11 bits per heavy atom. The second kappa shape index (κ2) is 9.34. The number of ether oxygens (including phenoxy) is 2. The summed E-state index contributed by atoms with van der Waals surface area (Å²) < 4.78 is 12.5. The van der Waals surface area contributed by atoms with Gasteiger partial charge in [-0.05, 0) is 37.6 Å².